The minimum Gasteiger partial charge on any atom is -0.299 e. The third-order valence-electron chi connectivity index (χ3n) is 3.81. The van der Waals surface area contributed by atoms with Crippen LogP contribution >= 0.6 is 11.3 Å². The molecule has 1 fully saturated rings. The largest absolute Gasteiger partial charge is 0.299 e. The zero-order valence-corrected chi connectivity index (χ0v) is 11.4. The van der Waals surface area contributed by atoms with Gasteiger partial charge in [0.15, 0.2) is 0 Å². The van der Waals surface area contributed by atoms with Crippen LogP contribution in [0.25, 0.3) is 10.2 Å². The lowest BCUT2D eigenvalue weighted by Crippen LogP contribution is -2.13. The van der Waals surface area contributed by atoms with E-state index < -0.39 is 0 Å². The molecule has 0 aliphatic heterocycles. The molecule has 0 saturated heterocycles. The van der Waals surface area contributed by atoms with E-state index in [2.05, 4.69) is 18.0 Å². The van der Waals surface area contributed by atoms with Crippen LogP contribution in [0.4, 0.5) is 0 Å². The van der Waals surface area contributed by atoms with Gasteiger partial charge in [-0.15, -0.1) is 11.3 Å². The SMILES string of the molecule is CC1CCC(C(=O)Cc2nc3ccccc3s2)C1. The molecular weight excluding hydrogens is 242 g/mol. The molecule has 2 aromatic rings. The molecule has 0 amide bonds. The van der Waals surface area contributed by atoms with E-state index in [9.17, 15) is 4.79 Å². The van der Waals surface area contributed by atoms with Crippen molar-refractivity contribution in [3.63, 3.8) is 0 Å². The number of ketones is 1. The summed E-state index contributed by atoms with van der Waals surface area (Å²) in [5.41, 5.74) is 1.02. The van der Waals surface area contributed by atoms with Gasteiger partial charge >= 0.3 is 0 Å². The molecule has 2 atom stereocenters. The highest BCUT2D eigenvalue weighted by Gasteiger charge is 2.27. The summed E-state index contributed by atoms with van der Waals surface area (Å²) < 4.78 is 1.18. The predicted octanol–water partition coefficient (Wildman–Crippen LogP) is 3.84. The van der Waals surface area contributed by atoms with E-state index in [1.807, 2.05) is 18.2 Å². The van der Waals surface area contributed by atoms with Crippen molar-refractivity contribution in [2.75, 3.05) is 0 Å². The number of thiazole rings is 1. The Hall–Kier alpha value is -1.22. The summed E-state index contributed by atoms with van der Waals surface area (Å²) in [6, 6.07) is 8.09. The number of rotatable bonds is 3. The molecule has 18 heavy (non-hydrogen) atoms. The summed E-state index contributed by atoms with van der Waals surface area (Å²) in [7, 11) is 0. The number of aromatic nitrogens is 1. The van der Waals surface area contributed by atoms with Crippen molar-refractivity contribution in [1.29, 1.82) is 0 Å². The van der Waals surface area contributed by atoms with E-state index in [4.69, 9.17) is 0 Å². The van der Waals surface area contributed by atoms with Gasteiger partial charge in [-0.05, 0) is 37.3 Å². The molecule has 2 nitrogen and oxygen atoms in total. The second kappa shape index (κ2) is 4.81. The minimum absolute atomic E-state index is 0.284. The van der Waals surface area contributed by atoms with Gasteiger partial charge in [0.25, 0.3) is 0 Å². The molecule has 2 unspecified atom stereocenters. The van der Waals surface area contributed by atoms with Gasteiger partial charge in [-0.1, -0.05) is 19.1 Å². The first-order valence-electron chi connectivity index (χ1n) is 6.59. The fraction of sp³-hybridized carbons (Fsp3) is 0.467. The van der Waals surface area contributed by atoms with Crippen molar-refractivity contribution in [1.82, 2.24) is 4.98 Å². The van der Waals surface area contributed by atoms with Gasteiger partial charge in [-0.25, -0.2) is 4.98 Å². The number of Topliss-reactive ketones (excluding diaryl/α,β-unsaturated/α-hetero) is 1. The van der Waals surface area contributed by atoms with Crippen LogP contribution < -0.4 is 0 Å². The Morgan fingerprint density at radius 1 is 1.39 bits per heavy atom. The second-order valence-corrected chi connectivity index (χ2v) is 6.45. The lowest BCUT2D eigenvalue weighted by molar-refractivity contribution is -0.122. The van der Waals surface area contributed by atoms with Crippen molar-refractivity contribution in [2.45, 2.75) is 32.6 Å². The Labute approximate surface area is 111 Å². The van der Waals surface area contributed by atoms with Crippen molar-refractivity contribution in [3.05, 3.63) is 29.3 Å². The van der Waals surface area contributed by atoms with Gasteiger partial charge in [0.1, 0.15) is 10.8 Å². The van der Waals surface area contributed by atoms with Crippen molar-refractivity contribution in [2.24, 2.45) is 11.8 Å². The Balaban J connectivity index is 1.74. The monoisotopic (exact) mass is 259 g/mol. The van der Waals surface area contributed by atoms with E-state index in [1.165, 1.54) is 11.1 Å². The average Bonchev–Trinajstić information content (AvgIpc) is 2.94. The maximum atomic E-state index is 12.2. The molecule has 1 aromatic carbocycles. The normalized spacial score (nSPS) is 23.6. The van der Waals surface area contributed by atoms with Crippen LogP contribution in [0.15, 0.2) is 24.3 Å². The Kier molecular flexibility index (Phi) is 3.16. The highest BCUT2D eigenvalue weighted by molar-refractivity contribution is 7.18. The van der Waals surface area contributed by atoms with E-state index in [0.717, 1.165) is 23.4 Å². The molecule has 1 aliphatic rings. The number of para-hydroxylation sites is 1. The standard InChI is InChI=1S/C15H17NOS/c1-10-6-7-11(8-10)13(17)9-15-16-12-4-2-3-5-14(12)18-15/h2-5,10-11H,6-9H2,1H3. The highest BCUT2D eigenvalue weighted by Crippen LogP contribution is 2.32. The molecule has 94 valence electrons. The zero-order valence-electron chi connectivity index (χ0n) is 10.6. The zero-order chi connectivity index (χ0) is 12.5. The van der Waals surface area contributed by atoms with Crippen molar-refractivity contribution < 1.29 is 4.79 Å². The number of nitrogens with zero attached hydrogens (tertiary/aromatic N) is 1. The molecule has 1 aliphatic carbocycles. The molecule has 1 heterocycles. The van der Waals surface area contributed by atoms with E-state index >= 15 is 0 Å². The Morgan fingerprint density at radius 2 is 2.22 bits per heavy atom. The van der Waals surface area contributed by atoms with E-state index in [-0.39, 0.29) is 5.92 Å². The van der Waals surface area contributed by atoms with Gasteiger partial charge in [0, 0.05) is 5.92 Å². The van der Waals surface area contributed by atoms with Crippen molar-refractivity contribution >= 4 is 27.3 Å². The molecule has 3 rings (SSSR count). The first-order valence-corrected chi connectivity index (χ1v) is 7.41. The number of hydrogen-bond donors (Lipinski definition) is 0. The van der Waals surface area contributed by atoms with Gasteiger partial charge in [0.2, 0.25) is 0 Å². The van der Waals surface area contributed by atoms with Crippen LogP contribution in [0.1, 0.15) is 31.2 Å². The predicted molar refractivity (Wildman–Crippen MR) is 74.8 cm³/mol. The van der Waals surface area contributed by atoms with Gasteiger partial charge in [-0.2, -0.15) is 0 Å². The lowest BCUT2D eigenvalue weighted by atomic mass is 9.99. The van der Waals surface area contributed by atoms with Gasteiger partial charge in [0.05, 0.1) is 16.6 Å². The summed E-state index contributed by atoms with van der Waals surface area (Å²) in [5.74, 6) is 1.39. The molecule has 1 saturated carbocycles. The molecule has 3 heteroatoms. The first kappa shape index (κ1) is 11.8. The average molecular weight is 259 g/mol. The third kappa shape index (κ3) is 2.32. The van der Waals surface area contributed by atoms with Crippen LogP contribution in [0.2, 0.25) is 0 Å². The quantitative estimate of drug-likeness (QED) is 0.838. The summed E-state index contributed by atoms with van der Waals surface area (Å²) >= 11 is 1.65. The minimum atomic E-state index is 0.284. The van der Waals surface area contributed by atoms with Crippen LogP contribution in [-0.2, 0) is 11.2 Å². The number of fused-ring (bicyclic) bond motifs is 1. The van der Waals surface area contributed by atoms with Crippen LogP contribution in [0.3, 0.4) is 0 Å². The number of carbonyl (C=O) groups excluding carboxylic acids is 1. The summed E-state index contributed by atoms with van der Waals surface area (Å²) in [6.07, 6.45) is 3.88. The Bertz CT molecular complexity index is 542. The molecular formula is C15H17NOS. The molecule has 0 N–H and O–H groups in total. The maximum Gasteiger partial charge on any atom is 0.142 e. The van der Waals surface area contributed by atoms with Crippen LogP contribution in [-0.4, -0.2) is 10.8 Å². The smallest absolute Gasteiger partial charge is 0.142 e. The fourth-order valence-corrected chi connectivity index (χ4v) is 3.77. The third-order valence-corrected chi connectivity index (χ3v) is 4.85. The number of benzene rings is 1. The topological polar surface area (TPSA) is 30.0 Å². The number of hydrogen-bond acceptors (Lipinski definition) is 3. The fourth-order valence-electron chi connectivity index (χ4n) is 2.79. The first-order chi connectivity index (χ1) is 8.72. The Morgan fingerprint density at radius 3 is 2.94 bits per heavy atom. The van der Waals surface area contributed by atoms with Crippen LogP contribution in [0.5, 0.6) is 0 Å². The lowest BCUT2D eigenvalue weighted by Gasteiger charge is -2.06. The van der Waals surface area contributed by atoms with Gasteiger partial charge < -0.3 is 0 Å². The van der Waals surface area contributed by atoms with Crippen molar-refractivity contribution in [3.8, 4) is 0 Å². The highest BCUT2D eigenvalue weighted by atomic mass is 32.1. The summed E-state index contributed by atoms with van der Waals surface area (Å²) in [4.78, 5) is 16.7. The molecule has 1 aromatic heterocycles. The van der Waals surface area contributed by atoms with Gasteiger partial charge in [-0.3, -0.25) is 4.79 Å². The number of carbonyl (C=O) groups is 1. The van der Waals surface area contributed by atoms with E-state index in [0.29, 0.717) is 18.1 Å². The molecule has 0 bridgehead atoms. The maximum absolute atomic E-state index is 12.2. The van der Waals surface area contributed by atoms with Crippen LogP contribution in [0, 0.1) is 11.8 Å². The summed E-state index contributed by atoms with van der Waals surface area (Å²) in [5, 5.41) is 0.973. The van der Waals surface area contributed by atoms with E-state index in [1.54, 1.807) is 11.3 Å². The molecule has 0 spiro atoms. The summed E-state index contributed by atoms with van der Waals surface area (Å²) in [6.45, 7) is 2.24. The second-order valence-electron chi connectivity index (χ2n) is 5.33. The molecule has 0 radical (unpaired) electrons.